The van der Waals surface area contributed by atoms with Crippen molar-refractivity contribution >= 4 is 17.8 Å². The number of aryl methyl sites for hydroxylation is 1. The van der Waals surface area contributed by atoms with E-state index in [1.165, 1.54) is 6.21 Å². The number of nitrogens with one attached hydrogen (secondary N) is 3. The van der Waals surface area contributed by atoms with E-state index >= 15 is 0 Å². The lowest BCUT2D eigenvalue weighted by atomic mass is 9.96. The Morgan fingerprint density at radius 3 is 2.75 bits per heavy atom. The summed E-state index contributed by atoms with van der Waals surface area (Å²) in [6.45, 7) is 5.27. The van der Waals surface area contributed by atoms with E-state index in [4.69, 9.17) is 10.1 Å². The third-order valence-corrected chi connectivity index (χ3v) is 6.99. The number of carbonyl (C=O) groups is 1. The van der Waals surface area contributed by atoms with Crippen LogP contribution in [-0.2, 0) is 6.42 Å². The minimum atomic E-state index is -0.00101. The highest BCUT2D eigenvalue weighted by Crippen LogP contribution is 2.29. The number of amides is 1. The molecule has 0 radical (unpaired) electrons. The number of anilines is 1. The van der Waals surface area contributed by atoms with Crippen LogP contribution in [0.4, 0.5) is 5.69 Å². The number of pyridine rings is 1. The summed E-state index contributed by atoms with van der Waals surface area (Å²) in [5.74, 6) is 1.34. The second-order valence-electron chi connectivity index (χ2n) is 9.37. The lowest BCUT2D eigenvalue weighted by molar-refractivity contribution is 0.0895. The highest BCUT2D eigenvalue weighted by Gasteiger charge is 2.25. The van der Waals surface area contributed by atoms with E-state index in [-0.39, 0.29) is 13.4 Å². The number of benzene rings is 2. The monoisotopic (exact) mass is 487 g/mol. The zero-order valence-corrected chi connectivity index (χ0v) is 21.5. The smallest absolute Gasteiger partial charge is 0.251 e. The first-order chi connectivity index (χ1) is 17.4. The molecule has 0 bridgehead atoms. The molecule has 2 atom stereocenters. The summed E-state index contributed by atoms with van der Waals surface area (Å²) in [5, 5.41) is 13.9. The van der Waals surface area contributed by atoms with Crippen LogP contribution in [0.3, 0.4) is 0 Å². The first kappa shape index (κ1) is 25.4. The van der Waals surface area contributed by atoms with E-state index in [1.807, 2.05) is 49.5 Å². The number of carbonyl (C=O) groups excluding carboxylic acids is 1. The maximum absolute atomic E-state index is 13.1. The van der Waals surface area contributed by atoms with Gasteiger partial charge in [0.15, 0.2) is 0 Å². The summed E-state index contributed by atoms with van der Waals surface area (Å²) in [7, 11) is 3.96. The Hall–Kier alpha value is -3.71. The molecule has 1 saturated heterocycles. The Balaban J connectivity index is 0.00000380. The fourth-order valence-electron chi connectivity index (χ4n) is 4.66. The average Bonchev–Trinajstić information content (AvgIpc) is 2.90. The zero-order valence-electron chi connectivity index (χ0n) is 21.5. The SMILES string of the molecule is CCc1cc(-c2cc(Oc3ccc(C=N)c(NC)c3)ccn2)ccc1C(=O)NC1CCN(C)[C@H](C)C1.[HH]. The van der Waals surface area contributed by atoms with E-state index < -0.39 is 0 Å². The van der Waals surface area contributed by atoms with E-state index in [0.29, 0.717) is 17.5 Å². The molecule has 3 aromatic rings. The summed E-state index contributed by atoms with van der Waals surface area (Å²) >= 11 is 0. The molecule has 2 aromatic carbocycles. The third kappa shape index (κ3) is 5.74. The molecule has 4 rings (SSSR count). The van der Waals surface area contributed by atoms with Crippen LogP contribution in [0.1, 0.15) is 49.6 Å². The molecule has 1 unspecified atom stereocenters. The number of hydrogen-bond donors (Lipinski definition) is 3. The normalized spacial score (nSPS) is 17.9. The number of piperidine rings is 1. The van der Waals surface area contributed by atoms with Crippen LogP contribution in [0.25, 0.3) is 11.3 Å². The minimum absolute atomic E-state index is 0. The van der Waals surface area contributed by atoms with E-state index in [1.54, 1.807) is 6.20 Å². The molecule has 1 aliphatic rings. The van der Waals surface area contributed by atoms with Gasteiger partial charge in [-0.1, -0.05) is 13.0 Å². The molecule has 3 N–H and O–H groups in total. The summed E-state index contributed by atoms with van der Waals surface area (Å²) in [4.78, 5) is 20.0. The fraction of sp³-hybridized carbons (Fsp3) is 0.345. The van der Waals surface area contributed by atoms with Gasteiger partial charge in [-0.25, -0.2) is 0 Å². The van der Waals surface area contributed by atoms with Crippen molar-refractivity contribution in [3.63, 3.8) is 0 Å². The third-order valence-electron chi connectivity index (χ3n) is 6.99. The zero-order chi connectivity index (χ0) is 25.7. The molecular weight excluding hydrogens is 450 g/mol. The van der Waals surface area contributed by atoms with Crippen LogP contribution in [0, 0.1) is 5.41 Å². The van der Waals surface area contributed by atoms with Gasteiger partial charge in [0.1, 0.15) is 11.5 Å². The Morgan fingerprint density at radius 2 is 2.03 bits per heavy atom. The number of nitrogens with zero attached hydrogens (tertiary/aromatic N) is 2. The number of ether oxygens (including phenoxy) is 1. The number of rotatable bonds is 8. The molecule has 1 fully saturated rings. The fourth-order valence-corrected chi connectivity index (χ4v) is 4.66. The van der Waals surface area contributed by atoms with Crippen molar-refractivity contribution in [1.29, 1.82) is 5.41 Å². The van der Waals surface area contributed by atoms with Gasteiger partial charge in [-0.2, -0.15) is 0 Å². The quantitative estimate of drug-likeness (QED) is 0.360. The predicted octanol–water partition coefficient (Wildman–Crippen LogP) is 5.60. The van der Waals surface area contributed by atoms with Gasteiger partial charge in [0.2, 0.25) is 0 Å². The van der Waals surface area contributed by atoms with Gasteiger partial charge >= 0.3 is 0 Å². The van der Waals surface area contributed by atoms with Gasteiger partial charge in [0.25, 0.3) is 5.91 Å². The number of likely N-dealkylation sites (tertiary alicyclic amines) is 1. The molecule has 36 heavy (non-hydrogen) atoms. The number of hydrogen-bond acceptors (Lipinski definition) is 6. The van der Waals surface area contributed by atoms with Crippen molar-refractivity contribution < 1.29 is 11.0 Å². The lowest BCUT2D eigenvalue weighted by Gasteiger charge is -2.35. The standard InChI is InChI=1S/C29H35N5O2.H2/c1-5-20-15-21(7-9-26(20)29(35)33-23-11-13-34(4)19(2)14-23)28-17-25(10-12-32-28)36-24-8-6-22(18-30)27(16-24)31-3;/h6-10,12,15-19,23,30-31H,5,11,13-14H2,1-4H3,(H,33,35);1H/t19-,23?;/m1./s1. The molecule has 0 spiro atoms. The summed E-state index contributed by atoms with van der Waals surface area (Å²) in [6, 6.07) is 15.9. The Bertz CT molecular complexity index is 1250. The molecule has 7 nitrogen and oxygen atoms in total. The van der Waals surface area contributed by atoms with Gasteiger partial charge in [0, 0.05) is 74.0 Å². The van der Waals surface area contributed by atoms with Gasteiger partial charge < -0.3 is 25.7 Å². The van der Waals surface area contributed by atoms with Crippen molar-refractivity contribution in [1.82, 2.24) is 15.2 Å². The van der Waals surface area contributed by atoms with Crippen LogP contribution >= 0.6 is 0 Å². The molecule has 1 aromatic heterocycles. The molecule has 7 heteroatoms. The Kier molecular flexibility index (Phi) is 8.00. The van der Waals surface area contributed by atoms with Crippen molar-refractivity contribution in [2.75, 3.05) is 26.0 Å². The molecule has 0 aliphatic carbocycles. The van der Waals surface area contributed by atoms with Crippen molar-refractivity contribution in [3.8, 4) is 22.8 Å². The first-order valence-corrected chi connectivity index (χ1v) is 12.5. The van der Waals surface area contributed by atoms with Gasteiger partial charge in [-0.3, -0.25) is 9.78 Å². The number of aromatic nitrogens is 1. The van der Waals surface area contributed by atoms with Crippen LogP contribution in [0.5, 0.6) is 11.5 Å². The molecule has 0 saturated carbocycles. The van der Waals surface area contributed by atoms with Gasteiger partial charge in [-0.15, -0.1) is 0 Å². The van der Waals surface area contributed by atoms with Crippen molar-refractivity contribution in [2.45, 2.75) is 45.2 Å². The second kappa shape index (κ2) is 11.4. The van der Waals surface area contributed by atoms with Gasteiger partial charge in [0.05, 0.1) is 5.69 Å². The Labute approximate surface area is 214 Å². The molecular formula is C29H37N5O2. The highest BCUT2D eigenvalue weighted by molar-refractivity contribution is 5.96. The van der Waals surface area contributed by atoms with Crippen LogP contribution in [0.15, 0.2) is 54.7 Å². The Morgan fingerprint density at radius 1 is 1.22 bits per heavy atom. The summed E-state index contributed by atoms with van der Waals surface area (Å²) in [6.07, 6.45) is 5.73. The largest absolute Gasteiger partial charge is 0.457 e. The minimum Gasteiger partial charge on any atom is -0.457 e. The van der Waals surface area contributed by atoms with E-state index in [0.717, 1.165) is 59.4 Å². The lowest BCUT2D eigenvalue weighted by Crippen LogP contribution is -2.47. The van der Waals surface area contributed by atoms with Crippen molar-refractivity contribution in [2.24, 2.45) is 0 Å². The van der Waals surface area contributed by atoms with E-state index in [9.17, 15) is 4.79 Å². The topological polar surface area (TPSA) is 90.3 Å². The van der Waals surface area contributed by atoms with Crippen LogP contribution < -0.4 is 15.4 Å². The highest BCUT2D eigenvalue weighted by atomic mass is 16.5. The summed E-state index contributed by atoms with van der Waals surface area (Å²) in [5.41, 5.74) is 5.07. The molecule has 1 amide bonds. The van der Waals surface area contributed by atoms with E-state index in [2.05, 4.69) is 47.5 Å². The maximum Gasteiger partial charge on any atom is 0.251 e. The molecule has 2 heterocycles. The predicted molar refractivity (Wildman–Crippen MR) is 148 cm³/mol. The van der Waals surface area contributed by atoms with Gasteiger partial charge in [-0.05, 0) is 69.1 Å². The van der Waals surface area contributed by atoms with Crippen LogP contribution in [-0.4, -0.2) is 54.7 Å². The average molecular weight is 488 g/mol. The molecule has 1 aliphatic heterocycles. The maximum atomic E-state index is 13.1. The summed E-state index contributed by atoms with van der Waals surface area (Å²) < 4.78 is 6.08. The molecule has 190 valence electrons. The first-order valence-electron chi connectivity index (χ1n) is 12.5. The second-order valence-corrected chi connectivity index (χ2v) is 9.37. The van der Waals surface area contributed by atoms with Crippen molar-refractivity contribution in [3.05, 3.63) is 71.4 Å². The van der Waals surface area contributed by atoms with Crippen LogP contribution in [0.2, 0.25) is 0 Å².